The molecule has 112 valence electrons. The van der Waals surface area contributed by atoms with Crippen LogP contribution in [0.5, 0.6) is 0 Å². The molecule has 2 N–H and O–H groups in total. The van der Waals surface area contributed by atoms with E-state index in [9.17, 15) is 4.79 Å². The number of rotatable bonds is 3. The van der Waals surface area contributed by atoms with E-state index in [-0.39, 0.29) is 0 Å². The zero-order valence-electron chi connectivity index (χ0n) is 12.5. The second-order valence-electron chi connectivity index (χ2n) is 8.21. The largest absolute Gasteiger partial charge is 0.338 e. The average Bonchev–Trinajstić information content (AvgIpc) is 2.84. The number of amides is 1. The topological polar surface area (TPSA) is 46.3 Å². The van der Waals surface area contributed by atoms with Gasteiger partial charge in [0.25, 0.3) is 0 Å². The molecule has 0 aromatic carbocycles. The summed E-state index contributed by atoms with van der Waals surface area (Å²) < 4.78 is 0. The SMILES string of the molecule is NCC1CCCN1C(=O)CC12CC3CC(CC(C3)C1)C2. The standard InChI is InChI=1S/C17H28N2O/c18-11-15-2-1-3-19(15)16(20)10-17-7-12-4-13(8-17)6-14(5-12)9-17/h12-15H,1-11,18H2. The van der Waals surface area contributed by atoms with Gasteiger partial charge in [-0.1, -0.05) is 0 Å². The van der Waals surface area contributed by atoms with Crippen molar-refractivity contribution in [1.29, 1.82) is 0 Å². The molecule has 3 nitrogen and oxygen atoms in total. The van der Waals surface area contributed by atoms with E-state index in [0.717, 1.165) is 43.6 Å². The Bertz CT molecular complexity index is 371. The summed E-state index contributed by atoms with van der Waals surface area (Å²) in [5.74, 6) is 3.24. The maximum atomic E-state index is 12.8. The third-order valence-corrected chi connectivity index (χ3v) is 6.66. The second-order valence-corrected chi connectivity index (χ2v) is 8.21. The first-order valence-corrected chi connectivity index (χ1v) is 8.67. The second kappa shape index (κ2) is 4.72. The summed E-state index contributed by atoms with van der Waals surface area (Å²) in [7, 11) is 0. The molecule has 3 heteroatoms. The molecule has 1 aliphatic heterocycles. The molecule has 5 fully saturated rings. The van der Waals surface area contributed by atoms with E-state index in [1.165, 1.54) is 38.5 Å². The molecule has 0 radical (unpaired) electrons. The maximum Gasteiger partial charge on any atom is 0.223 e. The molecule has 20 heavy (non-hydrogen) atoms. The van der Waals surface area contributed by atoms with Crippen LogP contribution in [0.3, 0.4) is 0 Å². The first-order chi connectivity index (χ1) is 9.67. The zero-order chi connectivity index (χ0) is 13.7. The Kier molecular flexibility index (Phi) is 3.10. The fourth-order valence-electron chi connectivity index (χ4n) is 6.34. The smallest absolute Gasteiger partial charge is 0.223 e. The lowest BCUT2D eigenvalue weighted by molar-refractivity contribution is -0.140. The lowest BCUT2D eigenvalue weighted by Crippen LogP contribution is -2.49. The van der Waals surface area contributed by atoms with Gasteiger partial charge in [0.1, 0.15) is 0 Å². The number of hydrogen-bond acceptors (Lipinski definition) is 2. The number of hydrogen-bond donors (Lipinski definition) is 1. The monoisotopic (exact) mass is 276 g/mol. The molecule has 1 heterocycles. The number of carbonyl (C=O) groups is 1. The normalized spacial score (nSPS) is 46.1. The first kappa shape index (κ1) is 13.1. The fraction of sp³-hybridized carbons (Fsp3) is 0.941. The molecule has 5 rings (SSSR count). The lowest BCUT2D eigenvalue weighted by atomic mass is 9.49. The molecule has 0 aromatic rings. The summed E-state index contributed by atoms with van der Waals surface area (Å²) in [5.41, 5.74) is 6.21. The van der Waals surface area contributed by atoms with Crippen LogP contribution < -0.4 is 5.73 Å². The van der Waals surface area contributed by atoms with Crippen LogP contribution in [0.4, 0.5) is 0 Å². The van der Waals surface area contributed by atoms with E-state index >= 15 is 0 Å². The van der Waals surface area contributed by atoms with Gasteiger partial charge in [0.05, 0.1) is 0 Å². The van der Waals surface area contributed by atoms with Crippen LogP contribution in [0, 0.1) is 23.2 Å². The summed E-state index contributed by atoms with van der Waals surface area (Å²) in [6, 6.07) is 0.330. The van der Waals surface area contributed by atoms with Gasteiger partial charge < -0.3 is 10.6 Å². The minimum Gasteiger partial charge on any atom is -0.338 e. The van der Waals surface area contributed by atoms with E-state index in [0.29, 0.717) is 23.9 Å². The highest BCUT2D eigenvalue weighted by Gasteiger charge is 2.52. The van der Waals surface area contributed by atoms with E-state index in [1.807, 2.05) is 0 Å². The van der Waals surface area contributed by atoms with Crippen molar-refractivity contribution in [3.05, 3.63) is 0 Å². The summed E-state index contributed by atoms with van der Waals surface area (Å²) in [5, 5.41) is 0. The molecule has 5 aliphatic rings. The maximum absolute atomic E-state index is 12.8. The quantitative estimate of drug-likeness (QED) is 0.861. The van der Waals surface area contributed by atoms with E-state index in [1.54, 1.807) is 0 Å². The number of carbonyl (C=O) groups excluding carboxylic acids is 1. The predicted molar refractivity (Wildman–Crippen MR) is 79.0 cm³/mol. The third kappa shape index (κ3) is 2.09. The van der Waals surface area contributed by atoms with Crippen molar-refractivity contribution in [2.24, 2.45) is 28.9 Å². The molecular weight excluding hydrogens is 248 g/mol. The number of nitrogens with zero attached hydrogens (tertiary/aromatic N) is 1. The van der Waals surface area contributed by atoms with Gasteiger partial charge in [-0.15, -0.1) is 0 Å². The summed E-state index contributed by atoms with van der Waals surface area (Å²) in [4.78, 5) is 14.9. The Morgan fingerprint density at radius 2 is 1.70 bits per heavy atom. The van der Waals surface area contributed by atoms with Gasteiger partial charge in [-0.2, -0.15) is 0 Å². The first-order valence-electron chi connectivity index (χ1n) is 8.67. The highest BCUT2D eigenvalue weighted by atomic mass is 16.2. The lowest BCUT2D eigenvalue weighted by Gasteiger charge is -2.57. The highest BCUT2D eigenvalue weighted by Crippen LogP contribution is 2.61. The molecular formula is C17H28N2O. The molecule has 4 bridgehead atoms. The van der Waals surface area contributed by atoms with Crippen molar-refractivity contribution >= 4 is 5.91 Å². The van der Waals surface area contributed by atoms with Crippen molar-refractivity contribution < 1.29 is 4.79 Å². The zero-order valence-corrected chi connectivity index (χ0v) is 12.5. The molecule has 4 saturated carbocycles. The molecule has 1 amide bonds. The minimum absolute atomic E-state index is 0.330. The van der Waals surface area contributed by atoms with Gasteiger partial charge in [0.15, 0.2) is 0 Å². The summed E-state index contributed by atoms with van der Waals surface area (Å²) in [6.07, 6.45) is 11.5. The van der Waals surface area contributed by atoms with E-state index in [2.05, 4.69) is 4.90 Å². The average molecular weight is 276 g/mol. The van der Waals surface area contributed by atoms with Crippen LogP contribution in [0.2, 0.25) is 0 Å². The number of nitrogens with two attached hydrogens (primary N) is 1. The Hall–Kier alpha value is -0.570. The van der Waals surface area contributed by atoms with Crippen LogP contribution in [0.25, 0.3) is 0 Å². The molecule has 4 aliphatic carbocycles. The number of likely N-dealkylation sites (tertiary alicyclic amines) is 1. The molecule has 0 aromatic heterocycles. The Morgan fingerprint density at radius 3 is 2.25 bits per heavy atom. The van der Waals surface area contributed by atoms with Crippen LogP contribution >= 0.6 is 0 Å². The Morgan fingerprint density at radius 1 is 1.10 bits per heavy atom. The van der Waals surface area contributed by atoms with Gasteiger partial charge in [-0.05, 0) is 74.5 Å². The third-order valence-electron chi connectivity index (χ3n) is 6.66. The van der Waals surface area contributed by atoms with Crippen LogP contribution in [-0.2, 0) is 4.79 Å². The molecule has 0 spiro atoms. The van der Waals surface area contributed by atoms with Crippen molar-refractivity contribution in [2.75, 3.05) is 13.1 Å². The summed E-state index contributed by atoms with van der Waals surface area (Å²) >= 11 is 0. The van der Waals surface area contributed by atoms with Crippen molar-refractivity contribution in [1.82, 2.24) is 4.90 Å². The van der Waals surface area contributed by atoms with Gasteiger partial charge in [-0.25, -0.2) is 0 Å². The highest BCUT2D eigenvalue weighted by molar-refractivity contribution is 5.77. The van der Waals surface area contributed by atoms with Gasteiger partial charge in [-0.3, -0.25) is 4.79 Å². The van der Waals surface area contributed by atoms with Crippen LogP contribution in [-0.4, -0.2) is 29.9 Å². The van der Waals surface area contributed by atoms with Gasteiger partial charge in [0.2, 0.25) is 5.91 Å². The van der Waals surface area contributed by atoms with Crippen molar-refractivity contribution in [3.63, 3.8) is 0 Å². The fourth-order valence-corrected chi connectivity index (χ4v) is 6.34. The Labute approximate surface area is 122 Å². The molecule has 1 saturated heterocycles. The van der Waals surface area contributed by atoms with Gasteiger partial charge >= 0.3 is 0 Å². The molecule has 1 unspecified atom stereocenters. The summed E-state index contributed by atoms with van der Waals surface area (Å²) in [6.45, 7) is 1.60. The van der Waals surface area contributed by atoms with Crippen LogP contribution in [0.1, 0.15) is 57.8 Å². The van der Waals surface area contributed by atoms with Gasteiger partial charge in [0, 0.05) is 25.6 Å². The predicted octanol–water partition coefficient (Wildman–Crippen LogP) is 2.54. The van der Waals surface area contributed by atoms with Crippen LogP contribution in [0.15, 0.2) is 0 Å². The minimum atomic E-state index is 0.330. The van der Waals surface area contributed by atoms with Crippen molar-refractivity contribution in [2.45, 2.75) is 63.8 Å². The van der Waals surface area contributed by atoms with E-state index < -0.39 is 0 Å². The van der Waals surface area contributed by atoms with E-state index in [4.69, 9.17) is 5.73 Å². The molecule has 1 atom stereocenters. The van der Waals surface area contributed by atoms with Crippen molar-refractivity contribution in [3.8, 4) is 0 Å². The Balaban J connectivity index is 1.47.